The van der Waals surface area contributed by atoms with Crippen LogP contribution < -0.4 is 0 Å². The third-order valence-corrected chi connectivity index (χ3v) is 8.43. The van der Waals surface area contributed by atoms with Gasteiger partial charge in [0.1, 0.15) is 4.88 Å². The predicted octanol–water partition coefficient (Wildman–Crippen LogP) is 7.57. The molecule has 0 radical (unpaired) electrons. The minimum atomic E-state index is -0.374. The van der Waals surface area contributed by atoms with Gasteiger partial charge in [0.25, 0.3) is 0 Å². The molecule has 176 valence electrons. The maximum atomic E-state index is 12.2. The van der Waals surface area contributed by atoms with E-state index in [1.54, 1.807) is 6.07 Å². The zero-order chi connectivity index (χ0) is 23.3. The van der Waals surface area contributed by atoms with E-state index >= 15 is 0 Å². The highest BCUT2D eigenvalue weighted by Gasteiger charge is 2.40. The van der Waals surface area contributed by atoms with E-state index in [1.165, 1.54) is 16.2 Å². The topological polar surface area (TPSA) is 46.5 Å². The van der Waals surface area contributed by atoms with Crippen LogP contribution in [0.3, 0.4) is 0 Å². The summed E-state index contributed by atoms with van der Waals surface area (Å²) in [7, 11) is 0. The summed E-state index contributed by atoms with van der Waals surface area (Å²) >= 11 is 20.4. The molecule has 1 saturated carbocycles. The Bertz CT molecular complexity index is 880. The van der Waals surface area contributed by atoms with Crippen molar-refractivity contribution in [2.45, 2.75) is 76.4 Å². The monoisotopic (exact) mass is 516 g/mol. The van der Waals surface area contributed by atoms with Crippen LogP contribution in [0.15, 0.2) is 30.3 Å². The number of aliphatic hydroxyl groups is 1. The summed E-state index contributed by atoms with van der Waals surface area (Å²) in [6.45, 7) is 3.90. The number of rotatable bonds is 10. The molecule has 1 aromatic carbocycles. The minimum absolute atomic E-state index is 0.0117. The number of aliphatic hydroxyl groups excluding tert-OH is 1. The quantitative estimate of drug-likeness (QED) is 0.261. The fourth-order valence-electron chi connectivity index (χ4n) is 4.48. The van der Waals surface area contributed by atoms with Crippen LogP contribution in [0.2, 0.25) is 10.0 Å². The molecule has 0 spiro atoms. The Morgan fingerprint density at radius 2 is 1.88 bits per heavy atom. The van der Waals surface area contributed by atoms with Crippen LogP contribution in [-0.2, 0) is 17.6 Å². The van der Waals surface area contributed by atoms with Crippen molar-refractivity contribution in [3.63, 3.8) is 0 Å². The number of alkyl halides is 1. The lowest BCUT2D eigenvalue weighted by Crippen LogP contribution is -2.21. The maximum absolute atomic E-state index is 12.2. The SMILES string of the molecule is CCC(C)OC(=O)c1ccc(CCCC2C(Cl)CC(O)C2CCc2cc(Cl)cc(Cl)c2)s1. The number of hydrogen-bond acceptors (Lipinski definition) is 4. The molecular weight excluding hydrogens is 487 g/mol. The largest absolute Gasteiger partial charge is 0.459 e. The van der Waals surface area contributed by atoms with Gasteiger partial charge in [-0.25, -0.2) is 4.79 Å². The molecule has 1 fully saturated rings. The van der Waals surface area contributed by atoms with Crippen LogP contribution in [0.5, 0.6) is 0 Å². The summed E-state index contributed by atoms with van der Waals surface area (Å²) < 4.78 is 5.41. The van der Waals surface area contributed by atoms with Gasteiger partial charge < -0.3 is 9.84 Å². The van der Waals surface area contributed by atoms with E-state index in [9.17, 15) is 9.90 Å². The van der Waals surface area contributed by atoms with E-state index in [0.717, 1.165) is 44.1 Å². The second-order valence-corrected chi connectivity index (χ2v) is 11.3. The number of carbonyl (C=O) groups is 1. The Morgan fingerprint density at radius 1 is 1.16 bits per heavy atom. The van der Waals surface area contributed by atoms with Crippen molar-refractivity contribution in [2.75, 3.05) is 0 Å². The van der Waals surface area contributed by atoms with E-state index in [-0.39, 0.29) is 35.4 Å². The Balaban J connectivity index is 1.52. The molecule has 3 rings (SSSR count). The van der Waals surface area contributed by atoms with E-state index in [4.69, 9.17) is 39.5 Å². The van der Waals surface area contributed by atoms with Crippen molar-refractivity contribution in [3.8, 4) is 0 Å². The highest BCUT2D eigenvalue weighted by molar-refractivity contribution is 7.13. The van der Waals surface area contributed by atoms with Crippen LogP contribution in [0.1, 0.15) is 66.1 Å². The van der Waals surface area contributed by atoms with Gasteiger partial charge >= 0.3 is 5.97 Å². The van der Waals surface area contributed by atoms with Crippen molar-refractivity contribution in [2.24, 2.45) is 11.8 Å². The third-order valence-electron chi connectivity index (χ3n) is 6.37. The van der Waals surface area contributed by atoms with E-state index in [1.807, 2.05) is 38.1 Å². The smallest absolute Gasteiger partial charge is 0.348 e. The second-order valence-electron chi connectivity index (χ2n) is 8.75. The molecule has 5 unspecified atom stereocenters. The molecule has 1 aliphatic rings. The highest BCUT2D eigenvalue weighted by atomic mass is 35.5. The third kappa shape index (κ3) is 7.11. The van der Waals surface area contributed by atoms with Crippen molar-refractivity contribution in [3.05, 3.63) is 55.7 Å². The fraction of sp³-hybridized carbons (Fsp3) is 0.560. The van der Waals surface area contributed by atoms with Gasteiger partial charge in [0, 0.05) is 20.3 Å². The normalized spacial score (nSPS) is 23.9. The number of carbonyl (C=O) groups excluding carboxylic acids is 1. The summed E-state index contributed by atoms with van der Waals surface area (Å²) in [4.78, 5) is 14.0. The fourth-order valence-corrected chi connectivity index (χ4v) is 6.48. The Kier molecular flexibility index (Phi) is 9.75. The molecule has 0 aliphatic heterocycles. The molecule has 5 atom stereocenters. The Morgan fingerprint density at radius 3 is 2.56 bits per heavy atom. The summed E-state index contributed by atoms with van der Waals surface area (Å²) in [6.07, 6.45) is 5.50. The summed E-state index contributed by atoms with van der Waals surface area (Å²) in [5.41, 5.74) is 1.09. The molecule has 0 saturated heterocycles. The minimum Gasteiger partial charge on any atom is -0.459 e. The van der Waals surface area contributed by atoms with Gasteiger partial charge in [0.2, 0.25) is 0 Å². The summed E-state index contributed by atoms with van der Waals surface area (Å²) in [6, 6.07) is 9.47. The molecule has 32 heavy (non-hydrogen) atoms. The molecule has 0 bridgehead atoms. The molecule has 1 N–H and O–H groups in total. The Labute approximate surface area is 210 Å². The van der Waals surface area contributed by atoms with Crippen LogP contribution in [-0.4, -0.2) is 28.7 Å². The van der Waals surface area contributed by atoms with Gasteiger partial charge in [-0.1, -0.05) is 30.1 Å². The second kappa shape index (κ2) is 12.1. The number of esters is 1. The first-order valence-corrected chi connectivity index (χ1v) is 13.3. The molecular formula is C25H31Cl3O3S. The van der Waals surface area contributed by atoms with Crippen molar-refractivity contribution in [1.82, 2.24) is 0 Å². The van der Waals surface area contributed by atoms with Crippen LogP contribution in [0.4, 0.5) is 0 Å². The number of thiophene rings is 1. The van der Waals surface area contributed by atoms with Crippen molar-refractivity contribution in [1.29, 1.82) is 0 Å². The van der Waals surface area contributed by atoms with Gasteiger partial charge in [-0.2, -0.15) is 0 Å². The number of aryl methyl sites for hydroxylation is 2. The first-order valence-electron chi connectivity index (χ1n) is 11.3. The number of benzene rings is 1. The maximum Gasteiger partial charge on any atom is 0.348 e. The zero-order valence-corrected chi connectivity index (χ0v) is 21.6. The first-order chi connectivity index (χ1) is 15.3. The molecule has 1 heterocycles. The van der Waals surface area contributed by atoms with Gasteiger partial charge in [-0.15, -0.1) is 22.9 Å². The predicted molar refractivity (Wildman–Crippen MR) is 134 cm³/mol. The number of hydrogen-bond donors (Lipinski definition) is 1. The summed E-state index contributed by atoms with van der Waals surface area (Å²) in [5, 5.41) is 11.9. The van der Waals surface area contributed by atoms with Crippen LogP contribution in [0, 0.1) is 11.8 Å². The van der Waals surface area contributed by atoms with Gasteiger partial charge in [-0.05, 0) is 99.6 Å². The highest BCUT2D eigenvalue weighted by Crippen LogP contribution is 2.42. The average molecular weight is 518 g/mol. The van der Waals surface area contributed by atoms with Crippen molar-refractivity contribution >= 4 is 52.1 Å². The Hall–Kier alpha value is -0.780. The summed E-state index contributed by atoms with van der Waals surface area (Å²) in [5.74, 6) is 0.201. The van der Waals surface area contributed by atoms with Crippen molar-refractivity contribution < 1.29 is 14.6 Å². The van der Waals surface area contributed by atoms with Crippen LogP contribution in [0.25, 0.3) is 0 Å². The lowest BCUT2D eigenvalue weighted by atomic mass is 9.85. The molecule has 2 aromatic rings. The van der Waals surface area contributed by atoms with E-state index in [2.05, 4.69) is 0 Å². The molecule has 3 nitrogen and oxygen atoms in total. The van der Waals surface area contributed by atoms with Gasteiger partial charge in [0.05, 0.1) is 12.2 Å². The van der Waals surface area contributed by atoms with E-state index in [0.29, 0.717) is 21.3 Å². The number of ether oxygens (including phenoxy) is 1. The standard InChI is InChI=1S/C25H31Cl3O3S/c1-3-15(2)31-25(30)24-10-8-19(32-24)5-4-6-20-21(23(29)14-22(20)28)9-7-16-11-17(26)13-18(27)12-16/h8,10-13,15,20-23,29H,3-7,9,14H2,1-2H3. The average Bonchev–Trinajstić information content (AvgIpc) is 3.30. The molecule has 1 aliphatic carbocycles. The van der Waals surface area contributed by atoms with Crippen LogP contribution >= 0.6 is 46.1 Å². The molecule has 7 heteroatoms. The lowest BCUT2D eigenvalue weighted by Gasteiger charge is -2.23. The zero-order valence-electron chi connectivity index (χ0n) is 18.5. The first kappa shape index (κ1) is 25.8. The molecule has 0 amide bonds. The van der Waals surface area contributed by atoms with Gasteiger partial charge in [0.15, 0.2) is 0 Å². The lowest BCUT2D eigenvalue weighted by molar-refractivity contribution is 0.0340. The molecule has 1 aromatic heterocycles. The van der Waals surface area contributed by atoms with Gasteiger partial charge in [-0.3, -0.25) is 0 Å². The number of halogens is 3. The van der Waals surface area contributed by atoms with E-state index < -0.39 is 0 Å².